The summed E-state index contributed by atoms with van der Waals surface area (Å²) in [6, 6.07) is 8.74. The molecule has 0 radical (unpaired) electrons. The van der Waals surface area contributed by atoms with Gasteiger partial charge in [-0.3, -0.25) is 0 Å². The number of nitrogens with zero attached hydrogens (tertiary/aromatic N) is 1. The minimum Gasteiger partial charge on any atom is -0.381 e. The lowest BCUT2D eigenvalue weighted by atomic mass is 9.90. The molecule has 0 aromatic heterocycles. The first kappa shape index (κ1) is 13.4. The Balaban J connectivity index is 1.93. The average Bonchev–Trinajstić information content (AvgIpc) is 2.40. The van der Waals surface area contributed by atoms with Gasteiger partial charge in [0.05, 0.1) is 0 Å². The Labute approximate surface area is 110 Å². The van der Waals surface area contributed by atoms with Crippen LogP contribution in [0.2, 0.25) is 0 Å². The van der Waals surface area contributed by atoms with E-state index in [9.17, 15) is 0 Å². The molecule has 0 saturated carbocycles. The van der Waals surface area contributed by atoms with Gasteiger partial charge >= 0.3 is 0 Å². The van der Waals surface area contributed by atoms with E-state index in [0.29, 0.717) is 0 Å². The fourth-order valence-corrected chi connectivity index (χ4v) is 2.50. The summed E-state index contributed by atoms with van der Waals surface area (Å²) in [5.41, 5.74) is 8.76. The maximum Gasteiger partial charge on any atom is 0.0468 e. The van der Waals surface area contributed by atoms with Crippen molar-refractivity contribution in [2.45, 2.75) is 25.3 Å². The minimum absolute atomic E-state index is 0.157. The Morgan fingerprint density at radius 2 is 1.83 bits per heavy atom. The first-order valence-electron chi connectivity index (χ1n) is 6.77. The van der Waals surface area contributed by atoms with Crippen LogP contribution in [0.15, 0.2) is 24.3 Å². The Morgan fingerprint density at radius 1 is 1.22 bits per heavy atom. The van der Waals surface area contributed by atoms with Crippen LogP contribution in [0, 0.1) is 5.92 Å². The quantitative estimate of drug-likeness (QED) is 0.890. The van der Waals surface area contributed by atoms with E-state index in [1.807, 2.05) is 0 Å². The van der Waals surface area contributed by atoms with Gasteiger partial charge in [0.2, 0.25) is 0 Å². The van der Waals surface area contributed by atoms with Crippen molar-refractivity contribution in [3.63, 3.8) is 0 Å². The van der Waals surface area contributed by atoms with Gasteiger partial charge in [0.15, 0.2) is 0 Å². The second kappa shape index (κ2) is 6.21. The monoisotopic (exact) mass is 248 g/mol. The highest BCUT2D eigenvalue weighted by Crippen LogP contribution is 2.26. The van der Waals surface area contributed by atoms with Gasteiger partial charge < -0.3 is 15.4 Å². The molecule has 1 aliphatic heterocycles. The molecular weight excluding hydrogens is 224 g/mol. The van der Waals surface area contributed by atoms with Crippen molar-refractivity contribution < 1.29 is 4.74 Å². The minimum atomic E-state index is 0.157. The predicted octanol–water partition coefficient (Wildman–Crippen LogP) is 2.57. The molecule has 0 spiro atoms. The van der Waals surface area contributed by atoms with E-state index >= 15 is 0 Å². The SMILES string of the molecule is CN(C)c1ccc(C(N)CC2CCOCC2)cc1. The molecular formula is C15H24N2O. The van der Waals surface area contributed by atoms with E-state index in [0.717, 1.165) is 38.4 Å². The van der Waals surface area contributed by atoms with Crippen molar-refractivity contribution in [1.82, 2.24) is 0 Å². The molecule has 100 valence electrons. The summed E-state index contributed by atoms with van der Waals surface area (Å²) in [6.45, 7) is 1.80. The van der Waals surface area contributed by atoms with Crippen LogP contribution in [0.3, 0.4) is 0 Å². The highest BCUT2D eigenvalue weighted by Gasteiger charge is 2.18. The highest BCUT2D eigenvalue weighted by atomic mass is 16.5. The van der Waals surface area contributed by atoms with Crippen LogP contribution in [-0.4, -0.2) is 27.3 Å². The smallest absolute Gasteiger partial charge is 0.0468 e. The van der Waals surface area contributed by atoms with Gasteiger partial charge in [-0.2, -0.15) is 0 Å². The van der Waals surface area contributed by atoms with E-state index in [-0.39, 0.29) is 6.04 Å². The fraction of sp³-hybridized carbons (Fsp3) is 0.600. The largest absolute Gasteiger partial charge is 0.381 e. The summed E-state index contributed by atoms with van der Waals surface area (Å²) in [5.74, 6) is 0.724. The standard InChI is InChI=1S/C15H24N2O/c1-17(2)14-5-3-13(4-6-14)15(16)11-12-7-9-18-10-8-12/h3-6,12,15H,7-11,16H2,1-2H3. The molecule has 2 rings (SSSR count). The lowest BCUT2D eigenvalue weighted by molar-refractivity contribution is 0.0618. The summed E-state index contributed by atoms with van der Waals surface area (Å²) in [6.07, 6.45) is 3.39. The van der Waals surface area contributed by atoms with Gasteiger partial charge in [-0.1, -0.05) is 12.1 Å². The zero-order valence-electron chi connectivity index (χ0n) is 11.4. The van der Waals surface area contributed by atoms with Crippen molar-refractivity contribution in [2.24, 2.45) is 11.7 Å². The van der Waals surface area contributed by atoms with Crippen molar-refractivity contribution in [3.05, 3.63) is 29.8 Å². The Kier molecular flexibility index (Phi) is 4.61. The van der Waals surface area contributed by atoms with Crippen LogP contribution < -0.4 is 10.6 Å². The molecule has 1 aliphatic rings. The molecule has 1 aromatic carbocycles. The van der Waals surface area contributed by atoms with E-state index in [1.165, 1.54) is 11.3 Å². The normalized spacial score (nSPS) is 18.6. The van der Waals surface area contributed by atoms with Crippen LogP contribution >= 0.6 is 0 Å². The summed E-state index contributed by atoms with van der Waals surface area (Å²) in [4.78, 5) is 2.10. The van der Waals surface area contributed by atoms with Crippen LogP contribution in [-0.2, 0) is 4.74 Å². The molecule has 3 heteroatoms. The van der Waals surface area contributed by atoms with Crippen LogP contribution in [0.1, 0.15) is 30.9 Å². The van der Waals surface area contributed by atoms with E-state index in [4.69, 9.17) is 10.5 Å². The molecule has 1 atom stereocenters. The number of benzene rings is 1. The Bertz CT molecular complexity index is 355. The number of rotatable bonds is 4. The fourth-order valence-electron chi connectivity index (χ4n) is 2.50. The van der Waals surface area contributed by atoms with E-state index in [2.05, 4.69) is 43.3 Å². The number of hydrogen-bond acceptors (Lipinski definition) is 3. The highest BCUT2D eigenvalue weighted by molar-refractivity contribution is 5.46. The molecule has 0 bridgehead atoms. The second-order valence-corrected chi connectivity index (χ2v) is 5.38. The molecule has 1 fully saturated rings. The van der Waals surface area contributed by atoms with Crippen LogP contribution in [0.5, 0.6) is 0 Å². The number of anilines is 1. The lowest BCUT2D eigenvalue weighted by Crippen LogP contribution is -2.21. The average molecular weight is 248 g/mol. The first-order chi connectivity index (χ1) is 8.66. The number of nitrogens with two attached hydrogens (primary N) is 1. The zero-order valence-corrected chi connectivity index (χ0v) is 11.4. The number of ether oxygens (including phenoxy) is 1. The van der Waals surface area contributed by atoms with Crippen LogP contribution in [0.4, 0.5) is 5.69 Å². The molecule has 1 heterocycles. The zero-order chi connectivity index (χ0) is 13.0. The third-order valence-electron chi connectivity index (χ3n) is 3.77. The van der Waals surface area contributed by atoms with Gasteiger partial charge in [0, 0.05) is 39.0 Å². The third kappa shape index (κ3) is 3.47. The van der Waals surface area contributed by atoms with Gasteiger partial charge in [-0.15, -0.1) is 0 Å². The first-order valence-corrected chi connectivity index (χ1v) is 6.77. The maximum atomic E-state index is 6.30. The summed E-state index contributed by atoms with van der Waals surface area (Å²) in [7, 11) is 4.11. The van der Waals surface area contributed by atoms with Gasteiger partial charge in [0.1, 0.15) is 0 Å². The molecule has 1 unspecified atom stereocenters. The molecule has 1 aromatic rings. The second-order valence-electron chi connectivity index (χ2n) is 5.38. The van der Waals surface area contributed by atoms with Crippen LogP contribution in [0.25, 0.3) is 0 Å². The summed E-state index contributed by atoms with van der Waals surface area (Å²) >= 11 is 0. The molecule has 1 saturated heterocycles. The summed E-state index contributed by atoms with van der Waals surface area (Å²) < 4.78 is 5.38. The van der Waals surface area contributed by atoms with Gasteiger partial charge in [-0.05, 0) is 42.9 Å². The molecule has 3 nitrogen and oxygen atoms in total. The molecule has 0 aliphatic carbocycles. The Hall–Kier alpha value is -1.06. The maximum absolute atomic E-state index is 6.30. The van der Waals surface area contributed by atoms with Gasteiger partial charge in [-0.25, -0.2) is 0 Å². The molecule has 18 heavy (non-hydrogen) atoms. The van der Waals surface area contributed by atoms with Crippen molar-refractivity contribution in [1.29, 1.82) is 0 Å². The topological polar surface area (TPSA) is 38.5 Å². The van der Waals surface area contributed by atoms with Crippen molar-refractivity contribution in [3.8, 4) is 0 Å². The number of hydrogen-bond donors (Lipinski definition) is 1. The van der Waals surface area contributed by atoms with E-state index in [1.54, 1.807) is 0 Å². The lowest BCUT2D eigenvalue weighted by Gasteiger charge is -2.25. The summed E-state index contributed by atoms with van der Waals surface area (Å²) in [5, 5.41) is 0. The molecule has 0 amide bonds. The molecule has 2 N–H and O–H groups in total. The van der Waals surface area contributed by atoms with Crippen molar-refractivity contribution >= 4 is 5.69 Å². The van der Waals surface area contributed by atoms with Gasteiger partial charge in [0.25, 0.3) is 0 Å². The Morgan fingerprint density at radius 3 is 2.39 bits per heavy atom. The van der Waals surface area contributed by atoms with E-state index < -0.39 is 0 Å². The van der Waals surface area contributed by atoms with Crippen molar-refractivity contribution in [2.75, 3.05) is 32.2 Å². The predicted molar refractivity (Wildman–Crippen MR) is 75.9 cm³/mol. The third-order valence-corrected chi connectivity index (χ3v) is 3.77.